The Bertz CT molecular complexity index is 292. The van der Waals surface area contributed by atoms with Crippen LogP contribution in [0, 0.1) is 12.8 Å². The summed E-state index contributed by atoms with van der Waals surface area (Å²) in [6.45, 7) is 4.99. The van der Waals surface area contributed by atoms with Crippen molar-refractivity contribution < 1.29 is 4.74 Å². The molecule has 1 aromatic rings. The van der Waals surface area contributed by atoms with Gasteiger partial charge in [0, 0.05) is 24.8 Å². The summed E-state index contributed by atoms with van der Waals surface area (Å²) in [6, 6.07) is 8.49. The first-order valence-corrected chi connectivity index (χ1v) is 5.23. The van der Waals surface area contributed by atoms with Crippen LogP contribution in [-0.2, 0) is 4.74 Å². The second kappa shape index (κ2) is 4.47. The number of ether oxygens (including phenoxy) is 1. The van der Waals surface area contributed by atoms with Crippen molar-refractivity contribution in [2.75, 3.05) is 25.1 Å². The minimum absolute atomic E-state index is 0.690. The maximum atomic E-state index is 5.33. The highest BCUT2D eigenvalue weighted by Gasteiger charge is 2.14. The highest BCUT2D eigenvalue weighted by atomic mass is 16.5. The molecule has 0 aromatic heterocycles. The fourth-order valence-corrected chi connectivity index (χ4v) is 1.76. The third kappa shape index (κ3) is 2.48. The zero-order valence-electron chi connectivity index (χ0n) is 8.62. The second-order valence-corrected chi connectivity index (χ2v) is 3.98. The molecule has 1 saturated heterocycles. The monoisotopic (exact) mass is 191 g/mol. The van der Waals surface area contributed by atoms with Crippen molar-refractivity contribution in [1.29, 1.82) is 0 Å². The van der Waals surface area contributed by atoms with Crippen LogP contribution in [0.5, 0.6) is 0 Å². The molecule has 1 aliphatic rings. The van der Waals surface area contributed by atoms with Gasteiger partial charge in [-0.25, -0.2) is 0 Å². The maximum Gasteiger partial charge on any atom is 0.0511 e. The zero-order chi connectivity index (χ0) is 9.80. The van der Waals surface area contributed by atoms with Crippen molar-refractivity contribution >= 4 is 5.69 Å². The number of aryl methyl sites for hydroxylation is 1. The number of hydrogen-bond acceptors (Lipinski definition) is 2. The van der Waals surface area contributed by atoms with E-state index in [0.717, 1.165) is 19.8 Å². The molecule has 0 amide bonds. The smallest absolute Gasteiger partial charge is 0.0511 e. The normalized spacial score (nSPS) is 21.1. The van der Waals surface area contributed by atoms with E-state index >= 15 is 0 Å². The predicted octanol–water partition coefficient (Wildman–Crippen LogP) is 2.44. The molecule has 0 bridgehead atoms. The number of nitrogens with one attached hydrogen (secondary N) is 1. The van der Waals surface area contributed by atoms with Crippen LogP contribution in [0.25, 0.3) is 0 Å². The Morgan fingerprint density at radius 1 is 1.50 bits per heavy atom. The Balaban J connectivity index is 1.85. The molecule has 2 heteroatoms. The highest BCUT2D eigenvalue weighted by Crippen LogP contribution is 2.15. The van der Waals surface area contributed by atoms with Crippen LogP contribution in [0.4, 0.5) is 5.69 Å². The molecule has 2 nitrogen and oxygen atoms in total. The van der Waals surface area contributed by atoms with Crippen LogP contribution >= 0.6 is 0 Å². The molecule has 76 valence electrons. The lowest BCUT2D eigenvalue weighted by Crippen LogP contribution is -2.13. The molecule has 0 spiro atoms. The summed E-state index contributed by atoms with van der Waals surface area (Å²) in [5.41, 5.74) is 2.52. The van der Waals surface area contributed by atoms with Gasteiger partial charge in [0.05, 0.1) is 6.61 Å². The van der Waals surface area contributed by atoms with Gasteiger partial charge in [0.2, 0.25) is 0 Å². The van der Waals surface area contributed by atoms with Gasteiger partial charge in [-0.15, -0.1) is 0 Å². The van der Waals surface area contributed by atoms with E-state index in [1.165, 1.54) is 17.7 Å². The summed E-state index contributed by atoms with van der Waals surface area (Å²) in [5, 5.41) is 3.45. The second-order valence-electron chi connectivity index (χ2n) is 3.98. The maximum absolute atomic E-state index is 5.33. The fourth-order valence-electron chi connectivity index (χ4n) is 1.76. The largest absolute Gasteiger partial charge is 0.385 e. The van der Waals surface area contributed by atoms with Crippen LogP contribution in [0.15, 0.2) is 24.3 Å². The van der Waals surface area contributed by atoms with Gasteiger partial charge in [0.25, 0.3) is 0 Å². The lowest BCUT2D eigenvalue weighted by molar-refractivity contribution is 0.187. The molecule has 0 aliphatic carbocycles. The first-order chi connectivity index (χ1) is 6.84. The first-order valence-electron chi connectivity index (χ1n) is 5.23. The fraction of sp³-hybridized carbons (Fsp3) is 0.500. The van der Waals surface area contributed by atoms with Gasteiger partial charge in [0.15, 0.2) is 0 Å². The van der Waals surface area contributed by atoms with Crippen LogP contribution in [0.3, 0.4) is 0 Å². The van der Waals surface area contributed by atoms with Crippen molar-refractivity contribution in [2.45, 2.75) is 13.3 Å². The van der Waals surface area contributed by atoms with E-state index in [0.29, 0.717) is 5.92 Å². The molecule has 1 aromatic carbocycles. The quantitative estimate of drug-likeness (QED) is 0.792. The van der Waals surface area contributed by atoms with Crippen molar-refractivity contribution in [3.8, 4) is 0 Å². The van der Waals surface area contributed by atoms with Crippen LogP contribution in [0.1, 0.15) is 12.0 Å². The van der Waals surface area contributed by atoms with Gasteiger partial charge in [-0.05, 0) is 31.0 Å². The van der Waals surface area contributed by atoms with E-state index in [1.807, 2.05) is 0 Å². The molecule has 0 radical (unpaired) electrons. The van der Waals surface area contributed by atoms with E-state index in [-0.39, 0.29) is 0 Å². The minimum Gasteiger partial charge on any atom is -0.385 e. The van der Waals surface area contributed by atoms with Crippen LogP contribution < -0.4 is 5.32 Å². The van der Waals surface area contributed by atoms with Gasteiger partial charge in [-0.1, -0.05) is 12.1 Å². The van der Waals surface area contributed by atoms with Gasteiger partial charge >= 0.3 is 0 Å². The summed E-state index contributed by atoms with van der Waals surface area (Å²) in [4.78, 5) is 0. The molecule has 1 unspecified atom stereocenters. The molecule has 14 heavy (non-hydrogen) atoms. The van der Waals surface area contributed by atoms with Gasteiger partial charge in [-0.2, -0.15) is 0 Å². The Kier molecular flexibility index (Phi) is 3.04. The molecule has 2 rings (SSSR count). The predicted molar refractivity (Wildman–Crippen MR) is 58.6 cm³/mol. The Hall–Kier alpha value is -1.02. The van der Waals surface area contributed by atoms with Gasteiger partial charge in [0.1, 0.15) is 0 Å². The topological polar surface area (TPSA) is 21.3 Å². The molecule has 0 saturated carbocycles. The lowest BCUT2D eigenvalue weighted by Gasteiger charge is -2.10. The summed E-state index contributed by atoms with van der Waals surface area (Å²) in [5.74, 6) is 0.690. The third-order valence-electron chi connectivity index (χ3n) is 2.64. The van der Waals surface area contributed by atoms with Crippen molar-refractivity contribution in [2.24, 2.45) is 5.92 Å². The summed E-state index contributed by atoms with van der Waals surface area (Å²) < 4.78 is 5.33. The molecule has 1 heterocycles. The summed E-state index contributed by atoms with van der Waals surface area (Å²) in [7, 11) is 0. The van der Waals surface area contributed by atoms with E-state index in [9.17, 15) is 0 Å². The van der Waals surface area contributed by atoms with Crippen LogP contribution in [0.2, 0.25) is 0 Å². The standard InChI is InChI=1S/C12H17NO/c1-10-3-2-4-12(7-10)13-8-11-5-6-14-9-11/h2-4,7,11,13H,5-6,8-9H2,1H3. The average molecular weight is 191 g/mol. The first kappa shape index (κ1) is 9.53. The average Bonchev–Trinajstić information content (AvgIpc) is 2.67. The number of rotatable bonds is 3. The molecule has 1 atom stereocenters. The van der Waals surface area contributed by atoms with E-state index in [2.05, 4.69) is 36.5 Å². The van der Waals surface area contributed by atoms with Crippen molar-refractivity contribution in [3.63, 3.8) is 0 Å². The minimum atomic E-state index is 0.690. The Morgan fingerprint density at radius 3 is 3.14 bits per heavy atom. The van der Waals surface area contributed by atoms with E-state index in [1.54, 1.807) is 0 Å². The lowest BCUT2D eigenvalue weighted by atomic mass is 10.1. The third-order valence-corrected chi connectivity index (χ3v) is 2.64. The number of hydrogen-bond donors (Lipinski definition) is 1. The Labute approximate surface area is 85.3 Å². The molecule has 1 aliphatic heterocycles. The molecular formula is C12H17NO. The van der Waals surface area contributed by atoms with E-state index < -0.39 is 0 Å². The van der Waals surface area contributed by atoms with Crippen molar-refractivity contribution in [3.05, 3.63) is 29.8 Å². The summed E-state index contributed by atoms with van der Waals surface area (Å²) in [6.07, 6.45) is 1.19. The molecule has 1 fully saturated rings. The van der Waals surface area contributed by atoms with Crippen LogP contribution in [-0.4, -0.2) is 19.8 Å². The number of anilines is 1. The number of benzene rings is 1. The van der Waals surface area contributed by atoms with Crippen molar-refractivity contribution in [1.82, 2.24) is 0 Å². The van der Waals surface area contributed by atoms with Gasteiger partial charge in [-0.3, -0.25) is 0 Å². The SMILES string of the molecule is Cc1cccc(NCC2CCOC2)c1. The Morgan fingerprint density at radius 2 is 2.43 bits per heavy atom. The molecular weight excluding hydrogens is 174 g/mol. The van der Waals surface area contributed by atoms with Gasteiger partial charge < -0.3 is 10.1 Å². The summed E-state index contributed by atoms with van der Waals surface area (Å²) >= 11 is 0. The highest BCUT2D eigenvalue weighted by molar-refractivity contribution is 5.45. The molecule has 1 N–H and O–H groups in total. The van der Waals surface area contributed by atoms with E-state index in [4.69, 9.17) is 4.74 Å². The zero-order valence-corrected chi connectivity index (χ0v) is 8.62.